The summed E-state index contributed by atoms with van der Waals surface area (Å²) in [5.74, 6) is 1.69. The first-order chi connectivity index (χ1) is 13.5. The van der Waals surface area contributed by atoms with Gasteiger partial charge in [-0.05, 0) is 27.2 Å². The summed E-state index contributed by atoms with van der Waals surface area (Å²) in [7, 11) is 1.70. The summed E-state index contributed by atoms with van der Waals surface area (Å²) in [5, 5.41) is 2.88. The summed E-state index contributed by atoms with van der Waals surface area (Å²) >= 11 is 0. The molecule has 3 heterocycles. The molecule has 3 atom stereocenters. The lowest BCUT2D eigenvalue weighted by Gasteiger charge is -2.25. The molecular formula is C19H28N6O3. The van der Waals surface area contributed by atoms with E-state index in [9.17, 15) is 4.79 Å². The molecule has 1 aliphatic rings. The van der Waals surface area contributed by atoms with Crippen LogP contribution in [-0.4, -0.2) is 64.1 Å². The molecule has 0 bridgehead atoms. The lowest BCUT2D eigenvalue weighted by molar-refractivity contribution is 0.0957. The largest absolute Gasteiger partial charge is 0.445 e. The van der Waals surface area contributed by atoms with E-state index < -0.39 is 6.09 Å². The number of aromatic nitrogens is 4. The van der Waals surface area contributed by atoms with Gasteiger partial charge in [0.1, 0.15) is 17.7 Å². The van der Waals surface area contributed by atoms with Crippen LogP contribution in [0.25, 0.3) is 0 Å². The van der Waals surface area contributed by atoms with Crippen LogP contribution in [0.1, 0.15) is 24.9 Å². The maximum absolute atomic E-state index is 12.2. The topological polar surface area (TPSA) is 94.4 Å². The number of rotatable bonds is 7. The SMILES string of the molecule is CO[C@@H]1C[C@H](CNC(=O)OC(C)Cn2ccnc2C)N(c2cncc(C)n2)C1. The fourth-order valence-corrected chi connectivity index (χ4v) is 3.44. The van der Waals surface area contributed by atoms with Gasteiger partial charge in [-0.2, -0.15) is 0 Å². The van der Waals surface area contributed by atoms with Crippen LogP contribution >= 0.6 is 0 Å². The average molecular weight is 388 g/mol. The van der Waals surface area contributed by atoms with Crippen LogP contribution in [0.2, 0.25) is 0 Å². The van der Waals surface area contributed by atoms with Crippen LogP contribution in [0.3, 0.4) is 0 Å². The van der Waals surface area contributed by atoms with Gasteiger partial charge in [-0.1, -0.05) is 0 Å². The fraction of sp³-hybridized carbons (Fsp3) is 0.579. The molecule has 0 saturated carbocycles. The van der Waals surface area contributed by atoms with Crippen molar-refractivity contribution in [1.29, 1.82) is 0 Å². The molecule has 9 heteroatoms. The summed E-state index contributed by atoms with van der Waals surface area (Å²) in [5.41, 5.74) is 0.855. The van der Waals surface area contributed by atoms with E-state index in [0.717, 1.165) is 23.8 Å². The Balaban J connectivity index is 1.54. The average Bonchev–Trinajstić information content (AvgIpc) is 3.26. The number of alkyl carbamates (subject to hydrolysis) is 1. The lowest BCUT2D eigenvalue weighted by atomic mass is 10.2. The van der Waals surface area contributed by atoms with Crippen molar-refractivity contribution >= 4 is 11.9 Å². The Kier molecular flexibility index (Phi) is 6.45. The Labute approximate surface area is 165 Å². The molecule has 1 aliphatic heterocycles. The maximum Gasteiger partial charge on any atom is 0.407 e. The molecule has 1 N–H and O–H groups in total. The number of ether oxygens (including phenoxy) is 2. The van der Waals surface area contributed by atoms with Gasteiger partial charge < -0.3 is 24.3 Å². The van der Waals surface area contributed by atoms with E-state index in [4.69, 9.17) is 9.47 Å². The molecular weight excluding hydrogens is 360 g/mol. The second-order valence-corrected chi connectivity index (χ2v) is 7.14. The van der Waals surface area contributed by atoms with Gasteiger partial charge in [-0.25, -0.2) is 14.8 Å². The molecule has 2 aromatic rings. The molecule has 1 unspecified atom stereocenters. The van der Waals surface area contributed by atoms with E-state index in [0.29, 0.717) is 19.6 Å². The quantitative estimate of drug-likeness (QED) is 0.771. The number of aryl methyl sites for hydroxylation is 2. The number of amides is 1. The van der Waals surface area contributed by atoms with Crippen LogP contribution in [0.15, 0.2) is 24.8 Å². The van der Waals surface area contributed by atoms with Gasteiger partial charge in [-0.15, -0.1) is 0 Å². The summed E-state index contributed by atoms with van der Waals surface area (Å²) in [6.07, 6.45) is 7.27. The van der Waals surface area contributed by atoms with Crippen molar-refractivity contribution in [2.75, 3.05) is 25.1 Å². The highest BCUT2D eigenvalue weighted by atomic mass is 16.6. The van der Waals surface area contributed by atoms with Crippen molar-refractivity contribution in [2.24, 2.45) is 0 Å². The first-order valence-electron chi connectivity index (χ1n) is 9.46. The van der Waals surface area contributed by atoms with Gasteiger partial charge in [0, 0.05) is 38.8 Å². The monoisotopic (exact) mass is 388 g/mol. The van der Waals surface area contributed by atoms with Gasteiger partial charge >= 0.3 is 6.09 Å². The molecule has 2 aromatic heterocycles. The second kappa shape index (κ2) is 9.01. The Bertz CT molecular complexity index is 795. The predicted octanol–water partition coefficient (Wildman–Crippen LogP) is 1.70. The molecule has 0 radical (unpaired) electrons. The normalized spacial score (nSPS) is 20.2. The predicted molar refractivity (Wildman–Crippen MR) is 104 cm³/mol. The maximum atomic E-state index is 12.2. The summed E-state index contributed by atoms with van der Waals surface area (Å²) in [6.45, 7) is 7.43. The van der Waals surface area contributed by atoms with Gasteiger partial charge in [0.2, 0.25) is 0 Å². The second-order valence-electron chi connectivity index (χ2n) is 7.14. The first kappa shape index (κ1) is 20.1. The minimum absolute atomic E-state index is 0.0693. The number of hydrogen-bond donors (Lipinski definition) is 1. The Morgan fingerprint density at radius 2 is 2.21 bits per heavy atom. The van der Waals surface area contributed by atoms with E-state index in [2.05, 4.69) is 25.2 Å². The number of anilines is 1. The van der Waals surface area contributed by atoms with Gasteiger partial charge in [0.25, 0.3) is 0 Å². The summed E-state index contributed by atoms with van der Waals surface area (Å²) in [4.78, 5) is 27.3. The molecule has 28 heavy (non-hydrogen) atoms. The van der Waals surface area contributed by atoms with E-state index in [1.807, 2.05) is 31.5 Å². The van der Waals surface area contributed by atoms with Crippen molar-refractivity contribution < 1.29 is 14.3 Å². The minimum Gasteiger partial charge on any atom is -0.445 e. The standard InChI is InChI=1S/C19H28N6O3/c1-13-8-20-10-18(23-13)25-12-17(27-4)7-16(25)9-22-19(26)28-14(2)11-24-6-5-21-15(24)3/h5-6,8,10,14,16-17H,7,9,11-12H2,1-4H3,(H,22,26)/t14?,16-,17-/m1/s1. The van der Waals surface area contributed by atoms with Gasteiger partial charge in [0.15, 0.2) is 0 Å². The van der Waals surface area contributed by atoms with Crippen LogP contribution in [0, 0.1) is 13.8 Å². The van der Waals surface area contributed by atoms with E-state index in [-0.39, 0.29) is 18.2 Å². The number of nitrogens with zero attached hydrogens (tertiary/aromatic N) is 5. The third-order valence-corrected chi connectivity index (χ3v) is 4.91. The fourth-order valence-electron chi connectivity index (χ4n) is 3.44. The van der Waals surface area contributed by atoms with Crippen molar-refractivity contribution in [2.45, 2.75) is 52.0 Å². The number of hydrogen-bond acceptors (Lipinski definition) is 7. The molecule has 1 amide bonds. The lowest BCUT2D eigenvalue weighted by Crippen LogP contribution is -2.41. The number of methoxy groups -OCH3 is 1. The Hall–Kier alpha value is -2.68. The number of imidazole rings is 1. The van der Waals surface area contributed by atoms with Crippen LogP contribution < -0.4 is 10.2 Å². The molecule has 0 spiro atoms. The highest BCUT2D eigenvalue weighted by Crippen LogP contribution is 2.25. The zero-order valence-corrected chi connectivity index (χ0v) is 16.8. The molecule has 9 nitrogen and oxygen atoms in total. The van der Waals surface area contributed by atoms with Crippen LogP contribution in [-0.2, 0) is 16.0 Å². The summed E-state index contributed by atoms with van der Waals surface area (Å²) in [6, 6.07) is 0.0693. The molecule has 1 fully saturated rings. The number of nitrogens with one attached hydrogen (secondary N) is 1. The highest BCUT2D eigenvalue weighted by molar-refractivity contribution is 5.67. The Morgan fingerprint density at radius 1 is 1.39 bits per heavy atom. The third kappa shape index (κ3) is 4.98. The molecule has 0 aliphatic carbocycles. The first-order valence-corrected chi connectivity index (χ1v) is 9.46. The highest BCUT2D eigenvalue weighted by Gasteiger charge is 2.33. The van der Waals surface area contributed by atoms with Crippen LogP contribution in [0.4, 0.5) is 10.6 Å². The molecule has 152 valence electrons. The van der Waals surface area contributed by atoms with Crippen molar-refractivity contribution in [1.82, 2.24) is 24.8 Å². The minimum atomic E-state index is -0.429. The zero-order valence-electron chi connectivity index (χ0n) is 16.8. The van der Waals surface area contributed by atoms with E-state index in [1.165, 1.54) is 0 Å². The smallest absolute Gasteiger partial charge is 0.407 e. The van der Waals surface area contributed by atoms with E-state index in [1.54, 1.807) is 25.7 Å². The summed E-state index contributed by atoms with van der Waals surface area (Å²) < 4.78 is 13.0. The Morgan fingerprint density at radius 3 is 2.89 bits per heavy atom. The van der Waals surface area contributed by atoms with Gasteiger partial charge in [-0.3, -0.25) is 4.98 Å². The molecule has 3 rings (SSSR count). The zero-order chi connectivity index (χ0) is 20.1. The molecule has 1 saturated heterocycles. The van der Waals surface area contributed by atoms with Gasteiger partial charge in [0.05, 0.1) is 30.6 Å². The number of carbonyl (C=O) groups excluding carboxylic acids is 1. The third-order valence-electron chi connectivity index (χ3n) is 4.91. The van der Waals surface area contributed by atoms with Crippen molar-refractivity contribution in [3.05, 3.63) is 36.3 Å². The van der Waals surface area contributed by atoms with E-state index >= 15 is 0 Å². The van der Waals surface area contributed by atoms with Crippen LogP contribution in [0.5, 0.6) is 0 Å². The molecule has 0 aromatic carbocycles. The number of carbonyl (C=O) groups is 1. The van der Waals surface area contributed by atoms with Crippen molar-refractivity contribution in [3.8, 4) is 0 Å². The van der Waals surface area contributed by atoms with Crippen molar-refractivity contribution in [3.63, 3.8) is 0 Å².